The minimum atomic E-state index is -0.508. The Bertz CT molecular complexity index is 1530. The minimum absolute atomic E-state index is 0.146. The number of aromatic nitrogens is 6. The van der Waals surface area contributed by atoms with Crippen LogP contribution in [0, 0.1) is 23.2 Å². The molecule has 0 bridgehead atoms. The molecule has 0 unspecified atom stereocenters. The van der Waals surface area contributed by atoms with Crippen molar-refractivity contribution in [3.8, 4) is 28.5 Å². The highest BCUT2D eigenvalue weighted by Gasteiger charge is 2.57. The Labute approximate surface area is 213 Å². The molecule has 3 atom stereocenters. The molecule has 1 saturated heterocycles. The summed E-state index contributed by atoms with van der Waals surface area (Å²) in [6.45, 7) is 7.19. The lowest BCUT2D eigenvalue weighted by atomic mass is 10.0. The molecule has 0 radical (unpaired) electrons. The zero-order valence-electron chi connectivity index (χ0n) is 21.1. The molecule has 1 saturated carbocycles. The van der Waals surface area contributed by atoms with Crippen LogP contribution in [0.5, 0.6) is 0 Å². The number of carbonyl (C=O) groups excluding carboxylic acids is 1. The van der Waals surface area contributed by atoms with Gasteiger partial charge in [0.15, 0.2) is 0 Å². The van der Waals surface area contributed by atoms with Crippen molar-refractivity contribution in [1.82, 2.24) is 34.7 Å². The number of piperidine rings is 1. The molecular formula is C26H27N9O2. The summed E-state index contributed by atoms with van der Waals surface area (Å²) < 4.78 is 8.83. The second-order valence-corrected chi connectivity index (χ2v) is 10.7. The minimum Gasteiger partial charge on any atom is -0.444 e. The van der Waals surface area contributed by atoms with Crippen LogP contribution in [0.3, 0.4) is 0 Å². The molecule has 11 nitrogen and oxygen atoms in total. The van der Waals surface area contributed by atoms with Gasteiger partial charge < -0.3 is 15.0 Å². The van der Waals surface area contributed by atoms with E-state index in [0.29, 0.717) is 28.6 Å². The summed E-state index contributed by atoms with van der Waals surface area (Å²) in [5.41, 5.74) is 3.95. The van der Waals surface area contributed by atoms with Gasteiger partial charge in [-0.25, -0.2) is 14.3 Å². The number of fused-ring (bicyclic) bond motifs is 2. The average Bonchev–Trinajstić information content (AvgIpc) is 3.31. The van der Waals surface area contributed by atoms with Gasteiger partial charge in [-0.1, -0.05) is 0 Å². The summed E-state index contributed by atoms with van der Waals surface area (Å²) in [4.78, 5) is 23.7. The zero-order valence-corrected chi connectivity index (χ0v) is 21.1. The van der Waals surface area contributed by atoms with Gasteiger partial charge in [0.2, 0.25) is 0 Å². The molecule has 1 aliphatic heterocycles. The van der Waals surface area contributed by atoms with E-state index >= 15 is 0 Å². The van der Waals surface area contributed by atoms with E-state index in [1.807, 2.05) is 46.3 Å². The first-order valence-corrected chi connectivity index (χ1v) is 12.2. The Kier molecular flexibility index (Phi) is 5.15. The maximum Gasteiger partial charge on any atom is 0.407 e. The molecule has 11 heteroatoms. The van der Waals surface area contributed by atoms with Crippen LogP contribution in [-0.2, 0) is 11.8 Å². The van der Waals surface area contributed by atoms with Crippen molar-refractivity contribution >= 4 is 17.4 Å². The lowest BCUT2D eigenvalue weighted by molar-refractivity contribution is 0.0518. The Balaban J connectivity index is 1.21. The van der Waals surface area contributed by atoms with Crippen LogP contribution >= 0.6 is 0 Å². The Morgan fingerprint density at radius 2 is 1.86 bits per heavy atom. The third kappa shape index (κ3) is 4.24. The Hall–Kier alpha value is -4.46. The van der Waals surface area contributed by atoms with Gasteiger partial charge in [0.25, 0.3) is 0 Å². The van der Waals surface area contributed by atoms with E-state index in [2.05, 4.69) is 26.5 Å². The van der Waals surface area contributed by atoms with E-state index in [1.165, 1.54) is 0 Å². The fraction of sp³-hybridized carbons (Fsp3) is 0.385. The zero-order chi connectivity index (χ0) is 25.9. The topological polar surface area (TPSA) is 126 Å². The van der Waals surface area contributed by atoms with Crippen LogP contribution in [0.4, 0.5) is 10.6 Å². The van der Waals surface area contributed by atoms with Crippen molar-refractivity contribution in [2.24, 2.45) is 18.9 Å². The summed E-state index contributed by atoms with van der Waals surface area (Å²) in [5.74, 6) is 1.56. The van der Waals surface area contributed by atoms with Crippen molar-refractivity contribution in [2.45, 2.75) is 32.4 Å². The molecule has 188 valence electrons. The van der Waals surface area contributed by atoms with Gasteiger partial charge in [-0.15, -0.1) is 0 Å². The highest BCUT2D eigenvalue weighted by Crippen LogP contribution is 2.46. The summed E-state index contributed by atoms with van der Waals surface area (Å²) in [6.07, 6.45) is 10.3. The van der Waals surface area contributed by atoms with Gasteiger partial charge in [0.05, 0.1) is 41.6 Å². The van der Waals surface area contributed by atoms with Crippen molar-refractivity contribution in [3.05, 3.63) is 48.8 Å². The third-order valence-corrected chi connectivity index (χ3v) is 6.89. The predicted octanol–water partition coefficient (Wildman–Crippen LogP) is 3.02. The molecule has 1 aliphatic carbocycles. The number of anilines is 1. The predicted molar refractivity (Wildman–Crippen MR) is 135 cm³/mol. The quantitative estimate of drug-likeness (QED) is 0.456. The molecule has 5 heterocycles. The number of hydrogen-bond acceptors (Lipinski definition) is 8. The summed E-state index contributed by atoms with van der Waals surface area (Å²) >= 11 is 0. The van der Waals surface area contributed by atoms with Crippen LogP contribution in [-0.4, -0.2) is 60.2 Å². The molecule has 4 aromatic heterocycles. The van der Waals surface area contributed by atoms with Crippen LogP contribution in [0.25, 0.3) is 27.9 Å². The molecule has 2 fully saturated rings. The SMILES string of the molecule is Cn1cc(-c2cc(-c3cnc(N4C[C@@H]5[C@H](C4)[C@H]5NC(=O)OC(C)(C)C)cn3)c3c(C#N)cnn3c2)cn1. The highest BCUT2D eigenvalue weighted by atomic mass is 16.6. The van der Waals surface area contributed by atoms with Gasteiger partial charge in [-0.3, -0.25) is 9.67 Å². The van der Waals surface area contributed by atoms with Gasteiger partial charge in [0, 0.05) is 67.1 Å². The number of nitriles is 1. The monoisotopic (exact) mass is 497 g/mol. The van der Waals surface area contributed by atoms with Gasteiger partial charge in [-0.05, 0) is 26.8 Å². The van der Waals surface area contributed by atoms with Crippen molar-refractivity contribution in [1.29, 1.82) is 5.26 Å². The second-order valence-electron chi connectivity index (χ2n) is 10.7. The number of carbonyl (C=O) groups is 1. The normalized spacial score (nSPS) is 20.5. The molecule has 0 aromatic carbocycles. The first kappa shape index (κ1) is 23.0. The number of pyridine rings is 1. The molecule has 1 N–H and O–H groups in total. The van der Waals surface area contributed by atoms with Gasteiger partial charge in [0.1, 0.15) is 17.5 Å². The van der Waals surface area contributed by atoms with E-state index < -0.39 is 5.60 Å². The van der Waals surface area contributed by atoms with Crippen LogP contribution in [0.2, 0.25) is 0 Å². The van der Waals surface area contributed by atoms with Crippen LogP contribution in [0.1, 0.15) is 26.3 Å². The maximum absolute atomic E-state index is 12.1. The molecular weight excluding hydrogens is 470 g/mol. The Morgan fingerprint density at radius 3 is 2.49 bits per heavy atom. The summed E-state index contributed by atoms with van der Waals surface area (Å²) in [6, 6.07) is 4.37. The number of hydrogen-bond donors (Lipinski definition) is 1. The van der Waals surface area contributed by atoms with Gasteiger partial charge >= 0.3 is 6.09 Å². The number of rotatable bonds is 4. The molecule has 1 amide bonds. The summed E-state index contributed by atoms with van der Waals surface area (Å²) in [5, 5.41) is 21.3. The maximum atomic E-state index is 12.1. The molecule has 4 aromatic rings. The van der Waals surface area contributed by atoms with E-state index in [-0.39, 0.29) is 12.1 Å². The fourth-order valence-corrected chi connectivity index (χ4v) is 5.12. The molecule has 6 rings (SSSR count). The number of ether oxygens (including phenoxy) is 1. The number of amides is 1. The second kappa shape index (κ2) is 8.30. The van der Waals surface area contributed by atoms with Crippen molar-refractivity contribution in [3.63, 3.8) is 0 Å². The van der Waals surface area contributed by atoms with Crippen LogP contribution in [0.15, 0.2) is 43.2 Å². The number of aryl methyl sites for hydroxylation is 1. The smallest absolute Gasteiger partial charge is 0.407 e. The Morgan fingerprint density at radius 1 is 1.08 bits per heavy atom. The number of alkyl carbamates (subject to hydrolysis) is 1. The molecule has 2 aliphatic rings. The van der Waals surface area contributed by atoms with E-state index in [0.717, 1.165) is 35.6 Å². The number of nitrogens with one attached hydrogen (secondary N) is 1. The van der Waals surface area contributed by atoms with Crippen molar-refractivity contribution < 1.29 is 9.53 Å². The van der Waals surface area contributed by atoms with E-state index in [9.17, 15) is 10.1 Å². The molecule has 0 spiro atoms. The molecule has 37 heavy (non-hydrogen) atoms. The van der Waals surface area contributed by atoms with Crippen molar-refractivity contribution in [2.75, 3.05) is 18.0 Å². The fourth-order valence-electron chi connectivity index (χ4n) is 5.12. The third-order valence-electron chi connectivity index (χ3n) is 6.89. The first-order valence-electron chi connectivity index (χ1n) is 12.2. The lowest BCUT2D eigenvalue weighted by Gasteiger charge is -2.23. The van der Waals surface area contributed by atoms with E-state index in [1.54, 1.807) is 34.0 Å². The number of nitrogens with zero attached hydrogens (tertiary/aromatic N) is 8. The summed E-state index contributed by atoms with van der Waals surface area (Å²) in [7, 11) is 1.87. The average molecular weight is 498 g/mol. The van der Waals surface area contributed by atoms with E-state index in [4.69, 9.17) is 14.7 Å². The highest BCUT2D eigenvalue weighted by molar-refractivity contribution is 5.86. The largest absolute Gasteiger partial charge is 0.444 e. The standard InChI is InChI=1S/C26H27N9O2/c1-26(2,3)37-25(36)32-23-19-13-34(14-20(19)23)22-10-28-21(9-29-22)18-5-15(17-8-30-33(4)11-17)12-35-24(18)16(6-27)7-31-35/h5,7-12,19-20,23H,13-14H2,1-4H3,(H,32,36)/t19-,20+,23+. The van der Waals surface area contributed by atoms with Gasteiger partial charge in [-0.2, -0.15) is 15.5 Å². The first-order chi connectivity index (χ1) is 17.7. The lowest BCUT2D eigenvalue weighted by Crippen LogP contribution is -2.38. The van der Waals surface area contributed by atoms with Crippen LogP contribution < -0.4 is 10.2 Å².